The number of amides is 1. The second-order valence-electron chi connectivity index (χ2n) is 4.00. The van der Waals surface area contributed by atoms with E-state index < -0.39 is 0 Å². The van der Waals surface area contributed by atoms with Crippen LogP contribution in [0.1, 0.15) is 29.6 Å². The van der Waals surface area contributed by atoms with Crippen LogP contribution in [0.4, 0.5) is 5.69 Å². The molecule has 4 nitrogen and oxygen atoms in total. The molecule has 1 aromatic rings. The number of hydrogen-bond donors (Lipinski definition) is 2. The zero-order chi connectivity index (χ0) is 11.4. The molecule has 1 saturated heterocycles. The number of benzene rings is 1. The van der Waals surface area contributed by atoms with Gasteiger partial charge in [0, 0.05) is 13.1 Å². The second kappa shape index (κ2) is 4.99. The van der Waals surface area contributed by atoms with Gasteiger partial charge in [-0.3, -0.25) is 4.79 Å². The normalized spacial score (nSPS) is 16.9. The van der Waals surface area contributed by atoms with Crippen LogP contribution in [0, 0.1) is 0 Å². The zero-order valence-corrected chi connectivity index (χ0v) is 9.28. The van der Waals surface area contributed by atoms with Crippen molar-refractivity contribution in [3.05, 3.63) is 29.8 Å². The summed E-state index contributed by atoms with van der Waals surface area (Å²) in [6, 6.07) is 7.46. The summed E-state index contributed by atoms with van der Waals surface area (Å²) in [5, 5.41) is 2.03. The maximum absolute atomic E-state index is 11.3. The van der Waals surface area contributed by atoms with Crippen LogP contribution in [-0.2, 0) is 0 Å². The molecule has 2 rings (SSSR count). The second-order valence-corrected chi connectivity index (χ2v) is 4.00. The first-order chi connectivity index (χ1) is 7.79. The predicted molar refractivity (Wildman–Crippen MR) is 64.2 cm³/mol. The lowest BCUT2D eigenvalue weighted by Gasteiger charge is -2.24. The van der Waals surface area contributed by atoms with Crippen molar-refractivity contribution in [2.45, 2.75) is 19.3 Å². The third kappa shape index (κ3) is 2.33. The predicted octanol–water partition coefficient (Wildman–Crippen LogP) is 1.28. The van der Waals surface area contributed by atoms with Gasteiger partial charge in [0.2, 0.25) is 0 Å². The minimum Gasteiger partial charge on any atom is -0.366 e. The van der Waals surface area contributed by atoms with Crippen molar-refractivity contribution in [1.82, 2.24) is 5.43 Å². The molecular weight excluding hydrogens is 202 g/mol. The topological polar surface area (TPSA) is 58.4 Å². The highest BCUT2D eigenvalue weighted by Gasteiger charge is 2.15. The van der Waals surface area contributed by atoms with Crippen LogP contribution in [0.5, 0.6) is 0 Å². The molecule has 3 N–H and O–H groups in total. The molecule has 86 valence electrons. The van der Waals surface area contributed by atoms with E-state index in [-0.39, 0.29) is 5.91 Å². The van der Waals surface area contributed by atoms with Crippen molar-refractivity contribution in [3.63, 3.8) is 0 Å². The Morgan fingerprint density at radius 1 is 1.25 bits per heavy atom. The Kier molecular flexibility index (Phi) is 3.41. The lowest BCUT2D eigenvalue weighted by Crippen LogP contribution is -2.39. The fourth-order valence-electron chi connectivity index (χ4n) is 1.99. The number of primary amides is 1. The highest BCUT2D eigenvalue weighted by molar-refractivity contribution is 5.98. The van der Waals surface area contributed by atoms with Crippen molar-refractivity contribution in [1.29, 1.82) is 0 Å². The number of hydrogen-bond acceptors (Lipinski definition) is 3. The Balaban J connectivity index is 2.27. The van der Waals surface area contributed by atoms with Crippen LogP contribution in [0.25, 0.3) is 0 Å². The van der Waals surface area contributed by atoms with Gasteiger partial charge in [0.05, 0.1) is 11.3 Å². The minimum atomic E-state index is -0.373. The molecule has 16 heavy (non-hydrogen) atoms. The monoisotopic (exact) mass is 219 g/mol. The number of hydrazine groups is 1. The molecule has 1 aliphatic rings. The zero-order valence-electron chi connectivity index (χ0n) is 9.28. The van der Waals surface area contributed by atoms with Crippen LogP contribution in [-0.4, -0.2) is 19.0 Å². The van der Waals surface area contributed by atoms with Gasteiger partial charge in [-0.15, -0.1) is 0 Å². The first-order valence-electron chi connectivity index (χ1n) is 5.69. The largest absolute Gasteiger partial charge is 0.366 e. The molecule has 0 unspecified atom stereocenters. The number of carbonyl (C=O) groups is 1. The number of carbonyl (C=O) groups excluding carboxylic acids is 1. The van der Waals surface area contributed by atoms with E-state index in [4.69, 9.17) is 5.73 Å². The van der Waals surface area contributed by atoms with Gasteiger partial charge in [0.1, 0.15) is 0 Å². The molecule has 4 heteroatoms. The molecule has 1 amide bonds. The molecule has 0 spiro atoms. The number of nitrogens with two attached hydrogens (primary N) is 1. The Morgan fingerprint density at radius 2 is 2.06 bits per heavy atom. The average molecular weight is 219 g/mol. The molecule has 0 aliphatic carbocycles. The summed E-state index contributed by atoms with van der Waals surface area (Å²) >= 11 is 0. The summed E-state index contributed by atoms with van der Waals surface area (Å²) in [4.78, 5) is 11.3. The van der Waals surface area contributed by atoms with Gasteiger partial charge >= 0.3 is 0 Å². The summed E-state index contributed by atoms with van der Waals surface area (Å²) in [5.41, 5.74) is 10.2. The van der Waals surface area contributed by atoms with Gasteiger partial charge < -0.3 is 10.7 Å². The van der Waals surface area contributed by atoms with E-state index in [0.717, 1.165) is 25.2 Å². The van der Waals surface area contributed by atoms with Crippen molar-refractivity contribution < 1.29 is 4.79 Å². The van der Waals surface area contributed by atoms with Gasteiger partial charge in [0.15, 0.2) is 0 Å². The van der Waals surface area contributed by atoms with E-state index in [1.54, 1.807) is 6.07 Å². The minimum absolute atomic E-state index is 0.373. The van der Waals surface area contributed by atoms with Crippen LogP contribution < -0.4 is 16.2 Å². The van der Waals surface area contributed by atoms with Crippen molar-refractivity contribution >= 4 is 11.6 Å². The smallest absolute Gasteiger partial charge is 0.250 e. The van der Waals surface area contributed by atoms with Crippen molar-refractivity contribution in [2.24, 2.45) is 5.73 Å². The molecule has 1 aliphatic heterocycles. The van der Waals surface area contributed by atoms with Crippen LogP contribution in [0.15, 0.2) is 24.3 Å². The fourth-order valence-corrected chi connectivity index (χ4v) is 1.99. The molecule has 1 heterocycles. The first kappa shape index (κ1) is 11.0. The molecule has 1 fully saturated rings. The van der Waals surface area contributed by atoms with Gasteiger partial charge in [-0.25, -0.2) is 5.43 Å². The number of anilines is 1. The van der Waals surface area contributed by atoms with Gasteiger partial charge in [-0.1, -0.05) is 18.6 Å². The first-order valence-corrected chi connectivity index (χ1v) is 5.69. The van der Waals surface area contributed by atoms with E-state index in [2.05, 4.69) is 5.43 Å². The SMILES string of the molecule is NC(=O)c1ccccc1N1CCCCCN1. The summed E-state index contributed by atoms with van der Waals surface area (Å²) in [5.74, 6) is -0.373. The lowest BCUT2D eigenvalue weighted by atomic mass is 10.1. The molecule has 0 bridgehead atoms. The average Bonchev–Trinajstić information content (AvgIpc) is 2.57. The standard InChI is InChI=1S/C12H17N3O/c13-12(16)10-6-2-3-7-11(10)15-9-5-1-4-8-14-15/h2-3,6-7,14H,1,4-5,8-9H2,(H2,13,16). The maximum Gasteiger partial charge on any atom is 0.250 e. The quantitative estimate of drug-likeness (QED) is 0.787. The van der Waals surface area contributed by atoms with Crippen LogP contribution in [0.2, 0.25) is 0 Å². The molecular formula is C12H17N3O. The molecule has 0 atom stereocenters. The highest BCUT2D eigenvalue weighted by atomic mass is 16.1. The summed E-state index contributed by atoms with van der Waals surface area (Å²) in [6.07, 6.45) is 3.54. The van der Waals surface area contributed by atoms with E-state index in [1.165, 1.54) is 12.8 Å². The Hall–Kier alpha value is -1.55. The number of nitrogens with one attached hydrogen (secondary N) is 1. The van der Waals surface area contributed by atoms with E-state index in [1.807, 2.05) is 23.2 Å². The third-order valence-electron chi connectivity index (χ3n) is 2.82. The number of rotatable bonds is 2. The summed E-state index contributed by atoms with van der Waals surface area (Å²) < 4.78 is 0. The Bertz CT molecular complexity index is 370. The molecule has 0 saturated carbocycles. The summed E-state index contributed by atoms with van der Waals surface area (Å²) in [7, 11) is 0. The van der Waals surface area contributed by atoms with E-state index in [9.17, 15) is 4.79 Å². The van der Waals surface area contributed by atoms with Crippen molar-refractivity contribution in [2.75, 3.05) is 18.1 Å². The molecule has 1 aromatic carbocycles. The van der Waals surface area contributed by atoms with Crippen LogP contribution >= 0.6 is 0 Å². The van der Waals surface area contributed by atoms with E-state index in [0.29, 0.717) is 5.56 Å². The van der Waals surface area contributed by atoms with Gasteiger partial charge in [0.25, 0.3) is 5.91 Å². The lowest BCUT2D eigenvalue weighted by molar-refractivity contribution is 0.100. The van der Waals surface area contributed by atoms with Crippen molar-refractivity contribution in [3.8, 4) is 0 Å². The number of para-hydroxylation sites is 1. The Labute approximate surface area is 95.4 Å². The van der Waals surface area contributed by atoms with Crippen LogP contribution in [0.3, 0.4) is 0 Å². The Morgan fingerprint density at radius 3 is 2.88 bits per heavy atom. The summed E-state index contributed by atoms with van der Waals surface area (Å²) in [6.45, 7) is 1.87. The maximum atomic E-state index is 11.3. The van der Waals surface area contributed by atoms with E-state index >= 15 is 0 Å². The van der Waals surface area contributed by atoms with Gasteiger partial charge in [-0.05, 0) is 25.0 Å². The highest BCUT2D eigenvalue weighted by Crippen LogP contribution is 2.20. The molecule has 0 radical (unpaired) electrons. The number of nitrogens with zero attached hydrogens (tertiary/aromatic N) is 1. The van der Waals surface area contributed by atoms with Gasteiger partial charge in [-0.2, -0.15) is 0 Å². The fraction of sp³-hybridized carbons (Fsp3) is 0.417. The molecule has 0 aromatic heterocycles. The third-order valence-corrected chi connectivity index (χ3v) is 2.82.